The van der Waals surface area contributed by atoms with Gasteiger partial charge in [-0.25, -0.2) is 17.5 Å². The van der Waals surface area contributed by atoms with Gasteiger partial charge in [-0.2, -0.15) is 11.8 Å². The number of benzene rings is 1. The van der Waals surface area contributed by atoms with Crippen molar-refractivity contribution in [3.63, 3.8) is 0 Å². The highest BCUT2D eigenvalue weighted by Gasteiger charge is 2.24. The number of hydrogen-bond donors (Lipinski definition) is 2. The number of thioether (sulfide) groups is 1. The van der Waals surface area contributed by atoms with Gasteiger partial charge in [-0.15, -0.1) is 0 Å². The molecule has 1 aromatic rings. The first-order valence-electron chi connectivity index (χ1n) is 7.12. The molecule has 4 nitrogen and oxygen atoms in total. The summed E-state index contributed by atoms with van der Waals surface area (Å²) in [5.41, 5.74) is 0.738. The van der Waals surface area contributed by atoms with Crippen LogP contribution in [0.2, 0.25) is 0 Å². The Hall–Kier alpha value is -0.630. The van der Waals surface area contributed by atoms with E-state index in [0.717, 1.165) is 36.5 Å². The molecule has 1 aliphatic heterocycles. The zero-order chi connectivity index (χ0) is 15.3. The van der Waals surface area contributed by atoms with E-state index >= 15 is 0 Å². The van der Waals surface area contributed by atoms with Crippen molar-refractivity contribution >= 4 is 21.8 Å². The quantitative estimate of drug-likeness (QED) is 0.838. The minimum Gasteiger partial charge on any atom is -0.313 e. The van der Waals surface area contributed by atoms with Crippen molar-refractivity contribution in [3.8, 4) is 0 Å². The zero-order valence-electron chi connectivity index (χ0n) is 12.1. The van der Waals surface area contributed by atoms with Gasteiger partial charge in [0.1, 0.15) is 10.7 Å². The van der Waals surface area contributed by atoms with E-state index in [4.69, 9.17) is 0 Å². The van der Waals surface area contributed by atoms with Crippen molar-refractivity contribution in [2.75, 3.05) is 18.1 Å². The fraction of sp³-hybridized carbons (Fsp3) is 0.571. The fourth-order valence-corrected chi connectivity index (χ4v) is 4.71. The second kappa shape index (κ2) is 7.58. The van der Waals surface area contributed by atoms with Crippen LogP contribution in [0.15, 0.2) is 23.1 Å². The van der Waals surface area contributed by atoms with Gasteiger partial charge in [0.05, 0.1) is 0 Å². The first kappa shape index (κ1) is 16.7. The van der Waals surface area contributed by atoms with Gasteiger partial charge in [0.15, 0.2) is 0 Å². The number of halogens is 1. The summed E-state index contributed by atoms with van der Waals surface area (Å²) in [6, 6.07) is 4.20. The lowest BCUT2D eigenvalue weighted by atomic mass is 10.2. The summed E-state index contributed by atoms with van der Waals surface area (Å²) in [4.78, 5) is -0.263. The van der Waals surface area contributed by atoms with Crippen molar-refractivity contribution in [2.45, 2.75) is 37.2 Å². The van der Waals surface area contributed by atoms with Gasteiger partial charge in [0.25, 0.3) is 0 Å². The molecule has 1 aliphatic rings. The lowest BCUT2D eigenvalue weighted by Crippen LogP contribution is -2.37. The van der Waals surface area contributed by atoms with E-state index in [9.17, 15) is 12.8 Å². The molecule has 0 aromatic heterocycles. The maximum absolute atomic E-state index is 14.1. The van der Waals surface area contributed by atoms with Crippen molar-refractivity contribution in [1.82, 2.24) is 10.0 Å². The minimum atomic E-state index is -3.78. The monoisotopic (exact) mass is 332 g/mol. The molecule has 0 radical (unpaired) electrons. The van der Waals surface area contributed by atoms with Crippen LogP contribution in [0, 0.1) is 5.82 Å². The summed E-state index contributed by atoms with van der Waals surface area (Å²) < 4.78 is 41.2. The first-order valence-corrected chi connectivity index (χ1v) is 9.76. The van der Waals surface area contributed by atoms with Gasteiger partial charge < -0.3 is 5.32 Å². The molecule has 21 heavy (non-hydrogen) atoms. The average molecular weight is 332 g/mol. The Bertz CT molecular complexity index is 572. The van der Waals surface area contributed by atoms with Crippen LogP contribution < -0.4 is 10.0 Å². The molecule has 0 saturated carbocycles. The standard InChI is InChI=1S/C14H21FN2O2S2/c1-2-16-10-11-3-4-14(13(15)9-11)21(18,19)17-12-5-7-20-8-6-12/h3-4,9,12,16-17H,2,5-8,10H2,1H3. The van der Waals surface area contributed by atoms with E-state index < -0.39 is 15.8 Å². The molecule has 1 fully saturated rings. The zero-order valence-corrected chi connectivity index (χ0v) is 13.7. The molecule has 1 heterocycles. The number of rotatable bonds is 6. The maximum Gasteiger partial charge on any atom is 0.243 e. The molecular formula is C14H21FN2O2S2. The molecule has 2 N–H and O–H groups in total. The lowest BCUT2D eigenvalue weighted by molar-refractivity contribution is 0.518. The minimum absolute atomic E-state index is 0.0860. The SMILES string of the molecule is CCNCc1ccc(S(=O)(=O)NC2CCSCC2)c(F)c1. The van der Waals surface area contributed by atoms with Crippen molar-refractivity contribution in [2.24, 2.45) is 0 Å². The summed E-state index contributed by atoms with van der Waals surface area (Å²) >= 11 is 1.82. The number of sulfonamides is 1. The molecule has 0 spiro atoms. The van der Waals surface area contributed by atoms with Gasteiger partial charge in [-0.1, -0.05) is 13.0 Å². The predicted octanol–water partition coefficient (Wildman–Crippen LogP) is 2.11. The van der Waals surface area contributed by atoms with Crippen LogP contribution in [0.25, 0.3) is 0 Å². The highest BCUT2D eigenvalue weighted by atomic mass is 32.2. The average Bonchev–Trinajstić information content (AvgIpc) is 2.45. The highest BCUT2D eigenvalue weighted by Crippen LogP contribution is 2.21. The van der Waals surface area contributed by atoms with Crippen LogP contribution in [0.3, 0.4) is 0 Å². The van der Waals surface area contributed by atoms with Gasteiger partial charge in [-0.05, 0) is 48.6 Å². The molecule has 0 aliphatic carbocycles. The fourth-order valence-electron chi connectivity index (χ4n) is 2.24. The van der Waals surface area contributed by atoms with Gasteiger partial charge in [-0.3, -0.25) is 0 Å². The van der Waals surface area contributed by atoms with Gasteiger partial charge in [0.2, 0.25) is 10.0 Å². The molecule has 1 aromatic carbocycles. The first-order chi connectivity index (χ1) is 10.0. The van der Waals surface area contributed by atoms with Crippen LogP contribution >= 0.6 is 11.8 Å². The van der Waals surface area contributed by atoms with Crippen LogP contribution in [-0.2, 0) is 16.6 Å². The maximum atomic E-state index is 14.1. The van der Waals surface area contributed by atoms with Crippen LogP contribution in [-0.4, -0.2) is 32.5 Å². The van der Waals surface area contributed by atoms with E-state index in [1.807, 2.05) is 18.7 Å². The van der Waals surface area contributed by atoms with Crippen molar-refractivity contribution in [3.05, 3.63) is 29.6 Å². The Morgan fingerprint density at radius 3 is 2.67 bits per heavy atom. The molecule has 0 atom stereocenters. The molecular weight excluding hydrogens is 311 g/mol. The van der Waals surface area contributed by atoms with Crippen molar-refractivity contribution in [1.29, 1.82) is 0 Å². The van der Waals surface area contributed by atoms with Crippen molar-refractivity contribution < 1.29 is 12.8 Å². The molecule has 1 saturated heterocycles. The topological polar surface area (TPSA) is 58.2 Å². The Labute approximate surface area is 129 Å². The second-order valence-electron chi connectivity index (χ2n) is 5.05. The van der Waals surface area contributed by atoms with E-state index in [1.165, 1.54) is 12.1 Å². The number of hydrogen-bond acceptors (Lipinski definition) is 4. The summed E-state index contributed by atoms with van der Waals surface area (Å²) in [6.07, 6.45) is 1.59. The third-order valence-corrected chi connectivity index (χ3v) is 6.01. The van der Waals surface area contributed by atoms with E-state index in [0.29, 0.717) is 6.54 Å². The van der Waals surface area contributed by atoms with Crippen LogP contribution in [0.4, 0.5) is 4.39 Å². The van der Waals surface area contributed by atoms with E-state index in [2.05, 4.69) is 10.0 Å². The van der Waals surface area contributed by atoms with E-state index in [1.54, 1.807) is 6.07 Å². The highest BCUT2D eigenvalue weighted by molar-refractivity contribution is 7.99. The summed E-state index contributed by atoms with van der Waals surface area (Å²) in [5, 5.41) is 3.08. The largest absolute Gasteiger partial charge is 0.313 e. The normalized spacial score (nSPS) is 17.0. The molecule has 118 valence electrons. The Morgan fingerprint density at radius 2 is 2.05 bits per heavy atom. The smallest absolute Gasteiger partial charge is 0.243 e. The molecule has 2 rings (SSSR count). The van der Waals surface area contributed by atoms with Crippen LogP contribution in [0.1, 0.15) is 25.3 Å². The summed E-state index contributed by atoms with van der Waals surface area (Å²) in [5.74, 6) is 1.19. The third kappa shape index (κ3) is 4.67. The molecule has 0 amide bonds. The van der Waals surface area contributed by atoms with Gasteiger partial charge >= 0.3 is 0 Å². The second-order valence-corrected chi connectivity index (χ2v) is 7.96. The summed E-state index contributed by atoms with van der Waals surface area (Å²) in [6.45, 7) is 3.27. The molecule has 0 unspecified atom stereocenters. The Balaban J connectivity index is 2.11. The lowest BCUT2D eigenvalue weighted by Gasteiger charge is -2.22. The number of nitrogens with one attached hydrogen (secondary N) is 2. The Morgan fingerprint density at radius 1 is 1.33 bits per heavy atom. The molecule has 0 bridgehead atoms. The van der Waals surface area contributed by atoms with E-state index in [-0.39, 0.29) is 10.9 Å². The molecule has 7 heteroatoms. The van der Waals surface area contributed by atoms with Gasteiger partial charge in [0, 0.05) is 12.6 Å². The third-order valence-electron chi connectivity index (χ3n) is 3.41. The Kier molecular flexibility index (Phi) is 6.04. The summed E-state index contributed by atoms with van der Waals surface area (Å²) in [7, 11) is -3.78. The predicted molar refractivity (Wildman–Crippen MR) is 84.4 cm³/mol. The van der Waals surface area contributed by atoms with Crippen LogP contribution in [0.5, 0.6) is 0 Å².